The third-order valence-electron chi connectivity index (χ3n) is 3.13. The molecule has 0 bridgehead atoms. The molecule has 2 aromatic rings. The molecule has 1 atom stereocenters. The van der Waals surface area contributed by atoms with E-state index in [1.807, 2.05) is 30.3 Å². The van der Waals surface area contributed by atoms with Gasteiger partial charge in [-0.15, -0.1) is 0 Å². The van der Waals surface area contributed by atoms with Crippen molar-refractivity contribution in [1.29, 1.82) is 0 Å². The molecule has 0 saturated heterocycles. The van der Waals surface area contributed by atoms with E-state index >= 15 is 0 Å². The Morgan fingerprint density at radius 2 is 2.15 bits per heavy atom. The number of fused-ring (bicyclic) bond motifs is 1. The normalized spacial score (nSPS) is 13.9. The molecule has 1 unspecified atom stereocenters. The van der Waals surface area contributed by atoms with E-state index in [1.54, 1.807) is 6.20 Å². The number of hydrogen-bond donors (Lipinski definition) is 2. The van der Waals surface area contributed by atoms with Crippen LogP contribution in [0.5, 0.6) is 0 Å². The molecular formula is C15H18N2O3. The number of nitrogens with zero attached hydrogens (tertiary/aromatic N) is 1. The Morgan fingerprint density at radius 1 is 1.40 bits per heavy atom. The average molecular weight is 274 g/mol. The van der Waals surface area contributed by atoms with Crippen molar-refractivity contribution in [2.75, 3.05) is 13.7 Å². The Morgan fingerprint density at radius 3 is 2.90 bits per heavy atom. The molecule has 0 aliphatic heterocycles. The van der Waals surface area contributed by atoms with E-state index in [2.05, 4.69) is 15.0 Å². The number of aromatic nitrogens is 1. The van der Waals surface area contributed by atoms with Crippen LogP contribution in [-0.4, -0.2) is 35.3 Å². The van der Waals surface area contributed by atoms with Gasteiger partial charge in [0.15, 0.2) is 5.60 Å². The molecule has 106 valence electrons. The van der Waals surface area contributed by atoms with Crippen LogP contribution in [0.15, 0.2) is 36.5 Å². The minimum absolute atomic E-state index is 0.114. The highest BCUT2D eigenvalue weighted by Gasteiger charge is 2.30. The van der Waals surface area contributed by atoms with Gasteiger partial charge in [0.05, 0.1) is 12.6 Å². The highest BCUT2D eigenvalue weighted by molar-refractivity contribution is 5.81. The highest BCUT2D eigenvalue weighted by Crippen LogP contribution is 2.15. The minimum Gasteiger partial charge on any atom is -0.467 e. The molecule has 1 heterocycles. The molecule has 0 spiro atoms. The van der Waals surface area contributed by atoms with Crippen LogP contribution in [0.2, 0.25) is 0 Å². The van der Waals surface area contributed by atoms with Crippen molar-refractivity contribution in [3.63, 3.8) is 0 Å². The molecule has 1 aromatic carbocycles. The second kappa shape index (κ2) is 5.98. The summed E-state index contributed by atoms with van der Waals surface area (Å²) in [6, 6.07) is 9.81. The monoisotopic (exact) mass is 274 g/mol. The van der Waals surface area contributed by atoms with Gasteiger partial charge in [-0.05, 0) is 18.6 Å². The number of aliphatic hydroxyl groups is 1. The van der Waals surface area contributed by atoms with Crippen LogP contribution in [0.4, 0.5) is 0 Å². The first-order valence-electron chi connectivity index (χ1n) is 6.39. The number of ether oxygens (including phenoxy) is 1. The van der Waals surface area contributed by atoms with Gasteiger partial charge in [-0.3, -0.25) is 4.98 Å². The van der Waals surface area contributed by atoms with Gasteiger partial charge in [-0.25, -0.2) is 4.79 Å². The lowest BCUT2D eigenvalue weighted by atomic mass is 10.1. The predicted octanol–water partition coefficient (Wildman–Crippen LogP) is 1.25. The molecule has 0 aliphatic carbocycles. The number of pyridine rings is 1. The highest BCUT2D eigenvalue weighted by atomic mass is 16.5. The van der Waals surface area contributed by atoms with E-state index < -0.39 is 11.6 Å². The molecule has 1 aromatic heterocycles. The molecule has 2 rings (SSSR count). The lowest BCUT2D eigenvalue weighted by molar-refractivity contribution is -0.159. The van der Waals surface area contributed by atoms with Crippen LogP contribution in [0.25, 0.3) is 10.9 Å². The number of methoxy groups -OCH3 is 1. The van der Waals surface area contributed by atoms with Crippen molar-refractivity contribution in [3.8, 4) is 0 Å². The van der Waals surface area contributed by atoms with Gasteiger partial charge in [0.1, 0.15) is 0 Å². The summed E-state index contributed by atoms with van der Waals surface area (Å²) in [5, 5.41) is 14.0. The van der Waals surface area contributed by atoms with E-state index in [-0.39, 0.29) is 6.54 Å². The van der Waals surface area contributed by atoms with Crippen LogP contribution >= 0.6 is 0 Å². The molecule has 5 heteroatoms. The second-order valence-corrected chi connectivity index (χ2v) is 4.86. The second-order valence-electron chi connectivity index (χ2n) is 4.86. The van der Waals surface area contributed by atoms with Gasteiger partial charge in [0.2, 0.25) is 0 Å². The fourth-order valence-corrected chi connectivity index (χ4v) is 2.04. The number of benzene rings is 1. The quantitative estimate of drug-likeness (QED) is 0.803. The maximum Gasteiger partial charge on any atom is 0.338 e. The standard InChI is InChI=1S/C15H18N2O3/c1-15(19,14(18)20-2)10-16-9-12-6-3-5-11-7-4-8-17-13(11)12/h3-8,16,19H,9-10H2,1-2H3. The van der Waals surface area contributed by atoms with Crippen LogP contribution in [-0.2, 0) is 16.1 Å². The van der Waals surface area contributed by atoms with Gasteiger partial charge in [0, 0.05) is 24.7 Å². The summed E-state index contributed by atoms with van der Waals surface area (Å²) in [7, 11) is 1.26. The summed E-state index contributed by atoms with van der Waals surface area (Å²) in [5.74, 6) is -0.652. The fraction of sp³-hybridized carbons (Fsp3) is 0.333. The van der Waals surface area contributed by atoms with Gasteiger partial charge in [0.25, 0.3) is 0 Å². The zero-order valence-corrected chi connectivity index (χ0v) is 11.6. The Labute approximate surface area is 117 Å². The summed E-state index contributed by atoms with van der Waals surface area (Å²) in [5.41, 5.74) is 0.399. The fourth-order valence-electron chi connectivity index (χ4n) is 2.04. The van der Waals surface area contributed by atoms with Gasteiger partial charge < -0.3 is 15.2 Å². The summed E-state index contributed by atoms with van der Waals surface area (Å²) < 4.78 is 4.55. The molecule has 0 aliphatic rings. The Kier molecular flexibility index (Phi) is 4.32. The van der Waals surface area contributed by atoms with E-state index in [0.717, 1.165) is 16.5 Å². The number of para-hydroxylation sites is 1. The molecular weight excluding hydrogens is 256 g/mol. The van der Waals surface area contributed by atoms with Crippen molar-refractivity contribution in [3.05, 3.63) is 42.1 Å². The van der Waals surface area contributed by atoms with E-state index in [4.69, 9.17) is 0 Å². The van der Waals surface area contributed by atoms with Crippen molar-refractivity contribution in [2.45, 2.75) is 19.1 Å². The maximum atomic E-state index is 11.4. The number of esters is 1. The van der Waals surface area contributed by atoms with Crippen LogP contribution in [0.3, 0.4) is 0 Å². The van der Waals surface area contributed by atoms with Crippen LogP contribution in [0, 0.1) is 0 Å². The Hall–Kier alpha value is -1.98. The smallest absolute Gasteiger partial charge is 0.338 e. The van der Waals surface area contributed by atoms with Gasteiger partial charge in [-0.1, -0.05) is 24.3 Å². The predicted molar refractivity (Wildman–Crippen MR) is 76.1 cm³/mol. The lowest BCUT2D eigenvalue weighted by Gasteiger charge is -2.20. The molecule has 5 nitrogen and oxygen atoms in total. The first-order chi connectivity index (χ1) is 9.54. The van der Waals surface area contributed by atoms with Crippen molar-refractivity contribution < 1.29 is 14.6 Å². The van der Waals surface area contributed by atoms with E-state index in [1.165, 1.54) is 14.0 Å². The number of carbonyl (C=O) groups excluding carboxylic acids is 1. The first-order valence-corrected chi connectivity index (χ1v) is 6.39. The number of rotatable bonds is 5. The summed E-state index contributed by atoms with van der Waals surface area (Å²) in [6.45, 7) is 2.05. The Balaban J connectivity index is 2.05. The van der Waals surface area contributed by atoms with Crippen LogP contribution < -0.4 is 5.32 Å². The van der Waals surface area contributed by atoms with E-state index in [0.29, 0.717) is 6.54 Å². The zero-order chi connectivity index (χ0) is 14.6. The van der Waals surface area contributed by atoms with Gasteiger partial charge in [-0.2, -0.15) is 0 Å². The summed E-state index contributed by atoms with van der Waals surface area (Å²) in [6.07, 6.45) is 1.75. The largest absolute Gasteiger partial charge is 0.467 e. The van der Waals surface area contributed by atoms with Crippen LogP contribution in [0.1, 0.15) is 12.5 Å². The minimum atomic E-state index is -1.53. The zero-order valence-electron chi connectivity index (χ0n) is 11.6. The average Bonchev–Trinajstić information content (AvgIpc) is 2.46. The Bertz CT molecular complexity index is 606. The molecule has 0 fully saturated rings. The van der Waals surface area contributed by atoms with E-state index in [9.17, 15) is 9.90 Å². The number of carbonyl (C=O) groups is 1. The van der Waals surface area contributed by atoms with Crippen molar-refractivity contribution in [1.82, 2.24) is 10.3 Å². The number of nitrogens with one attached hydrogen (secondary N) is 1. The number of hydrogen-bond acceptors (Lipinski definition) is 5. The maximum absolute atomic E-state index is 11.4. The van der Waals surface area contributed by atoms with Crippen molar-refractivity contribution >= 4 is 16.9 Å². The summed E-state index contributed by atoms with van der Waals surface area (Å²) in [4.78, 5) is 15.7. The molecule has 2 N–H and O–H groups in total. The molecule has 0 amide bonds. The lowest BCUT2D eigenvalue weighted by Crippen LogP contribution is -2.45. The van der Waals surface area contributed by atoms with Crippen molar-refractivity contribution in [2.24, 2.45) is 0 Å². The topological polar surface area (TPSA) is 71.5 Å². The third kappa shape index (κ3) is 3.12. The molecule has 0 saturated carbocycles. The van der Waals surface area contributed by atoms with Gasteiger partial charge >= 0.3 is 5.97 Å². The first kappa shape index (κ1) is 14.4. The molecule has 0 radical (unpaired) electrons. The molecule has 20 heavy (non-hydrogen) atoms. The summed E-state index contributed by atoms with van der Waals surface area (Å²) >= 11 is 0. The SMILES string of the molecule is COC(=O)C(C)(O)CNCc1cccc2cccnc12. The third-order valence-corrected chi connectivity index (χ3v) is 3.13.